The Morgan fingerprint density at radius 3 is 2.95 bits per heavy atom. The predicted molar refractivity (Wildman–Crippen MR) is 77.8 cm³/mol. The number of carbonyl (C=O) groups excluding carboxylic acids is 1. The molecule has 1 heterocycles. The van der Waals surface area contributed by atoms with E-state index in [4.69, 9.17) is 5.73 Å². The Kier molecular flexibility index (Phi) is 4.02. The highest BCUT2D eigenvalue weighted by molar-refractivity contribution is 5.86. The molecule has 0 saturated heterocycles. The average molecular weight is 257 g/mol. The summed E-state index contributed by atoms with van der Waals surface area (Å²) in [4.78, 5) is 15.0. The van der Waals surface area contributed by atoms with Gasteiger partial charge in [0, 0.05) is 23.6 Å². The molecule has 0 aliphatic heterocycles. The lowest BCUT2D eigenvalue weighted by molar-refractivity contribution is -0.122. The van der Waals surface area contributed by atoms with Crippen LogP contribution in [0.3, 0.4) is 0 Å². The molecule has 2 aromatic rings. The molecular weight excluding hydrogens is 238 g/mol. The third kappa shape index (κ3) is 3.23. The van der Waals surface area contributed by atoms with E-state index < -0.39 is 6.04 Å². The third-order valence-corrected chi connectivity index (χ3v) is 3.02. The molecule has 19 heavy (non-hydrogen) atoms. The van der Waals surface area contributed by atoms with Crippen molar-refractivity contribution in [3.63, 3.8) is 0 Å². The number of hydrogen-bond donors (Lipinski definition) is 3. The second-order valence-electron chi connectivity index (χ2n) is 4.85. The van der Waals surface area contributed by atoms with Crippen molar-refractivity contribution >= 4 is 16.8 Å². The van der Waals surface area contributed by atoms with Gasteiger partial charge in [-0.15, -0.1) is 0 Å². The van der Waals surface area contributed by atoms with E-state index in [9.17, 15) is 4.79 Å². The number of benzene rings is 1. The van der Waals surface area contributed by atoms with E-state index in [1.165, 1.54) is 0 Å². The second kappa shape index (κ2) is 5.71. The summed E-state index contributed by atoms with van der Waals surface area (Å²) in [7, 11) is 0. The molecule has 0 aliphatic rings. The monoisotopic (exact) mass is 257 g/mol. The lowest BCUT2D eigenvalue weighted by atomic mass is 10.1. The quantitative estimate of drug-likeness (QED) is 0.714. The molecule has 0 fully saturated rings. The van der Waals surface area contributed by atoms with Crippen molar-refractivity contribution in [2.24, 2.45) is 5.73 Å². The van der Waals surface area contributed by atoms with E-state index in [2.05, 4.69) is 16.9 Å². The van der Waals surface area contributed by atoms with E-state index in [0.29, 0.717) is 13.0 Å². The number of para-hydroxylation sites is 1. The zero-order valence-corrected chi connectivity index (χ0v) is 11.1. The number of aromatic nitrogens is 1. The molecule has 1 amide bonds. The molecule has 4 heteroatoms. The highest BCUT2D eigenvalue weighted by atomic mass is 16.2. The van der Waals surface area contributed by atoms with Crippen molar-refractivity contribution < 1.29 is 4.79 Å². The van der Waals surface area contributed by atoms with Crippen LogP contribution in [0.2, 0.25) is 0 Å². The summed E-state index contributed by atoms with van der Waals surface area (Å²) in [6.07, 6.45) is 2.43. The number of nitrogens with two attached hydrogens (primary N) is 1. The number of aromatic amines is 1. The molecule has 100 valence electrons. The van der Waals surface area contributed by atoms with Crippen LogP contribution in [0.25, 0.3) is 10.9 Å². The molecule has 0 saturated carbocycles. The molecule has 0 unspecified atom stereocenters. The fourth-order valence-electron chi connectivity index (χ4n) is 2.00. The van der Waals surface area contributed by atoms with Gasteiger partial charge in [0.1, 0.15) is 0 Å². The SMILES string of the molecule is C=C(C)CNC(=O)[C@@H](N)Cc1c[nH]c2ccccc12. The van der Waals surface area contributed by atoms with E-state index in [1.54, 1.807) is 0 Å². The normalized spacial score (nSPS) is 12.3. The summed E-state index contributed by atoms with van der Waals surface area (Å²) in [5, 5.41) is 3.89. The van der Waals surface area contributed by atoms with Gasteiger partial charge in [-0.1, -0.05) is 30.4 Å². The Bertz CT molecular complexity index is 600. The minimum Gasteiger partial charge on any atom is -0.361 e. The van der Waals surface area contributed by atoms with Crippen molar-refractivity contribution in [2.45, 2.75) is 19.4 Å². The van der Waals surface area contributed by atoms with E-state index in [-0.39, 0.29) is 5.91 Å². The highest BCUT2D eigenvalue weighted by Gasteiger charge is 2.15. The summed E-state index contributed by atoms with van der Waals surface area (Å²) < 4.78 is 0. The van der Waals surface area contributed by atoms with Gasteiger partial charge in [0.2, 0.25) is 5.91 Å². The number of H-pyrrole nitrogens is 1. The molecule has 0 spiro atoms. The Morgan fingerprint density at radius 1 is 1.47 bits per heavy atom. The van der Waals surface area contributed by atoms with Gasteiger partial charge in [-0.05, 0) is 25.0 Å². The van der Waals surface area contributed by atoms with Gasteiger partial charge in [-0.25, -0.2) is 0 Å². The van der Waals surface area contributed by atoms with Crippen molar-refractivity contribution in [1.29, 1.82) is 0 Å². The summed E-state index contributed by atoms with van der Waals surface area (Å²) in [5.41, 5.74) is 8.97. The topological polar surface area (TPSA) is 70.9 Å². The van der Waals surface area contributed by atoms with E-state index >= 15 is 0 Å². The first-order valence-corrected chi connectivity index (χ1v) is 6.30. The summed E-state index contributed by atoms with van der Waals surface area (Å²) in [6.45, 7) is 6.08. The van der Waals surface area contributed by atoms with Crippen LogP contribution in [0.5, 0.6) is 0 Å². The van der Waals surface area contributed by atoms with E-state index in [0.717, 1.165) is 22.0 Å². The fraction of sp³-hybridized carbons (Fsp3) is 0.267. The van der Waals surface area contributed by atoms with Crippen LogP contribution in [0.15, 0.2) is 42.6 Å². The van der Waals surface area contributed by atoms with Crippen LogP contribution in [0.1, 0.15) is 12.5 Å². The van der Waals surface area contributed by atoms with Crippen molar-refractivity contribution in [1.82, 2.24) is 10.3 Å². The summed E-state index contributed by atoms with van der Waals surface area (Å²) in [6, 6.07) is 7.44. The lowest BCUT2D eigenvalue weighted by Gasteiger charge is -2.11. The number of carbonyl (C=O) groups is 1. The lowest BCUT2D eigenvalue weighted by Crippen LogP contribution is -2.42. The van der Waals surface area contributed by atoms with Crippen LogP contribution >= 0.6 is 0 Å². The van der Waals surface area contributed by atoms with Crippen LogP contribution in [-0.2, 0) is 11.2 Å². The van der Waals surface area contributed by atoms with Crippen molar-refractivity contribution in [3.8, 4) is 0 Å². The Balaban J connectivity index is 2.04. The Hall–Kier alpha value is -2.07. The first-order valence-electron chi connectivity index (χ1n) is 6.30. The Labute approximate surface area is 112 Å². The third-order valence-electron chi connectivity index (χ3n) is 3.02. The molecule has 2 rings (SSSR count). The van der Waals surface area contributed by atoms with Crippen LogP contribution in [-0.4, -0.2) is 23.5 Å². The first kappa shape index (κ1) is 13.4. The van der Waals surface area contributed by atoms with Gasteiger partial charge in [0.05, 0.1) is 6.04 Å². The van der Waals surface area contributed by atoms with Gasteiger partial charge < -0.3 is 16.0 Å². The summed E-state index contributed by atoms with van der Waals surface area (Å²) >= 11 is 0. The minimum atomic E-state index is -0.543. The smallest absolute Gasteiger partial charge is 0.237 e. The largest absolute Gasteiger partial charge is 0.361 e. The zero-order chi connectivity index (χ0) is 13.8. The van der Waals surface area contributed by atoms with Gasteiger partial charge >= 0.3 is 0 Å². The summed E-state index contributed by atoms with van der Waals surface area (Å²) in [5.74, 6) is -0.145. The highest BCUT2D eigenvalue weighted by Crippen LogP contribution is 2.18. The van der Waals surface area contributed by atoms with Gasteiger partial charge in [0.25, 0.3) is 0 Å². The standard InChI is InChI=1S/C15H19N3O/c1-10(2)8-18-15(19)13(16)7-11-9-17-14-6-4-3-5-12(11)14/h3-6,9,13,17H,1,7-8,16H2,2H3,(H,18,19)/t13-/m0/s1. The maximum atomic E-state index is 11.8. The predicted octanol–water partition coefficient (Wildman–Crippen LogP) is 1.73. The molecule has 1 aromatic heterocycles. The average Bonchev–Trinajstić information content (AvgIpc) is 2.79. The maximum absolute atomic E-state index is 11.8. The van der Waals surface area contributed by atoms with Gasteiger partial charge in [-0.3, -0.25) is 4.79 Å². The van der Waals surface area contributed by atoms with Gasteiger partial charge in [-0.2, -0.15) is 0 Å². The zero-order valence-electron chi connectivity index (χ0n) is 11.1. The van der Waals surface area contributed by atoms with Crippen LogP contribution < -0.4 is 11.1 Å². The molecular formula is C15H19N3O. The first-order chi connectivity index (χ1) is 9.08. The minimum absolute atomic E-state index is 0.145. The molecule has 0 bridgehead atoms. The van der Waals surface area contributed by atoms with Crippen LogP contribution in [0.4, 0.5) is 0 Å². The molecule has 1 atom stereocenters. The second-order valence-corrected chi connectivity index (χ2v) is 4.85. The molecule has 0 radical (unpaired) electrons. The number of nitrogens with one attached hydrogen (secondary N) is 2. The maximum Gasteiger partial charge on any atom is 0.237 e. The number of hydrogen-bond acceptors (Lipinski definition) is 2. The van der Waals surface area contributed by atoms with Crippen molar-refractivity contribution in [2.75, 3.05) is 6.54 Å². The molecule has 0 aliphatic carbocycles. The number of rotatable bonds is 5. The molecule has 4 nitrogen and oxygen atoms in total. The van der Waals surface area contributed by atoms with E-state index in [1.807, 2.05) is 37.4 Å². The molecule has 4 N–H and O–H groups in total. The number of amides is 1. The van der Waals surface area contributed by atoms with Gasteiger partial charge in [0.15, 0.2) is 0 Å². The molecule has 1 aromatic carbocycles. The fourth-order valence-corrected chi connectivity index (χ4v) is 2.00. The number of fused-ring (bicyclic) bond motifs is 1. The Morgan fingerprint density at radius 2 is 2.21 bits per heavy atom. The van der Waals surface area contributed by atoms with Crippen molar-refractivity contribution in [3.05, 3.63) is 48.2 Å². The van der Waals surface area contributed by atoms with Crippen LogP contribution in [0, 0.1) is 0 Å².